The summed E-state index contributed by atoms with van der Waals surface area (Å²) in [6, 6.07) is 35.9. The predicted molar refractivity (Wildman–Crippen MR) is 172 cm³/mol. The van der Waals surface area contributed by atoms with Crippen LogP contribution in [-0.4, -0.2) is 61.1 Å². The molecule has 222 valence electrons. The number of rotatable bonds is 11. The number of ether oxygens (including phenoxy) is 1. The molecule has 4 aromatic rings. The van der Waals surface area contributed by atoms with Crippen LogP contribution in [0.5, 0.6) is 0 Å². The number of nitrogens with zero attached hydrogens (tertiary/aromatic N) is 2. The lowest BCUT2D eigenvalue weighted by Gasteiger charge is -2.32. The fourth-order valence-corrected chi connectivity index (χ4v) is 5.33. The molecule has 1 aliphatic heterocycles. The number of carbonyl (C=O) groups is 2. The van der Waals surface area contributed by atoms with Gasteiger partial charge < -0.3 is 19.9 Å². The third-order valence-electron chi connectivity index (χ3n) is 7.86. The molecule has 0 bridgehead atoms. The van der Waals surface area contributed by atoms with Gasteiger partial charge in [0.05, 0.1) is 5.69 Å². The minimum atomic E-state index is -0.426. The average Bonchev–Trinajstić information content (AvgIpc) is 3.05. The largest absolute Gasteiger partial charge is 0.446 e. The Labute approximate surface area is 254 Å². The number of hydrogen-bond acceptors (Lipinski definition) is 5. The van der Waals surface area contributed by atoms with Crippen molar-refractivity contribution in [1.29, 1.82) is 0 Å². The number of likely N-dealkylation sites (tertiary alicyclic amines) is 1. The highest BCUT2D eigenvalue weighted by molar-refractivity contribution is 5.94. The van der Waals surface area contributed by atoms with Crippen LogP contribution < -0.4 is 10.6 Å². The number of nitrogens with one attached hydrogen (secondary N) is 2. The molecule has 1 heterocycles. The maximum Gasteiger partial charge on any atom is 0.411 e. The molecule has 7 heteroatoms. The molecule has 1 saturated heterocycles. The molecule has 4 aromatic carbocycles. The third-order valence-corrected chi connectivity index (χ3v) is 7.86. The lowest BCUT2D eigenvalue weighted by molar-refractivity contribution is 0.0540. The van der Waals surface area contributed by atoms with Crippen molar-refractivity contribution < 1.29 is 14.3 Å². The van der Waals surface area contributed by atoms with Gasteiger partial charge in [-0.25, -0.2) is 4.79 Å². The highest BCUT2D eigenvalue weighted by Crippen LogP contribution is 2.28. The molecular formula is C36H40N4O3. The van der Waals surface area contributed by atoms with Gasteiger partial charge in [0, 0.05) is 57.4 Å². The van der Waals surface area contributed by atoms with Crippen molar-refractivity contribution in [2.75, 3.05) is 38.5 Å². The first-order chi connectivity index (χ1) is 21.0. The van der Waals surface area contributed by atoms with E-state index in [0.717, 1.165) is 67.9 Å². The maximum atomic E-state index is 13.0. The smallest absolute Gasteiger partial charge is 0.411 e. The highest BCUT2D eigenvalue weighted by Gasteiger charge is 2.23. The summed E-state index contributed by atoms with van der Waals surface area (Å²) in [6.07, 6.45) is 0.987. The van der Waals surface area contributed by atoms with Gasteiger partial charge in [0.1, 0.15) is 6.10 Å². The van der Waals surface area contributed by atoms with Crippen LogP contribution >= 0.6 is 0 Å². The van der Waals surface area contributed by atoms with Crippen LogP contribution in [0, 0.1) is 0 Å². The van der Waals surface area contributed by atoms with Gasteiger partial charge in [0.2, 0.25) is 0 Å². The van der Waals surface area contributed by atoms with Crippen LogP contribution in [0.3, 0.4) is 0 Å². The Bertz CT molecular complexity index is 1450. The van der Waals surface area contributed by atoms with Gasteiger partial charge in [-0.2, -0.15) is 0 Å². The second kappa shape index (κ2) is 15.1. The Morgan fingerprint density at radius 3 is 2.09 bits per heavy atom. The lowest BCUT2D eigenvalue weighted by atomic mass is 10.0. The first kappa shape index (κ1) is 30.0. The van der Waals surface area contributed by atoms with Gasteiger partial charge in [0.15, 0.2) is 0 Å². The van der Waals surface area contributed by atoms with Crippen LogP contribution in [-0.2, 0) is 17.8 Å². The number of likely N-dealkylation sites (N-methyl/N-ethyl adjacent to an activating group) is 1. The van der Waals surface area contributed by atoms with Crippen molar-refractivity contribution in [2.45, 2.75) is 32.0 Å². The van der Waals surface area contributed by atoms with Crippen LogP contribution in [0.1, 0.15) is 34.3 Å². The maximum absolute atomic E-state index is 13.0. The number of piperidine rings is 1. The molecule has 0 radical (unpaired) electrons. The van der Waals surface area contributed by atoms with Gasteiger partial charge >= 0.3 is 6.09 Å². The normalized spacial score (nSPS) is 13.8. The van der Waals surface area contributed by atoms with E-state index in [2.05, 4.69) is 27.7 Å². The van der Waals surface area contributed by atoms with E-state index in [4.69, 9.17) is 4.74 Å². The Morgan fingerprint density at radius 1 is 0.791 bits per heavy atom. The molecule has 2 N–H and O–H groups in total. The molecule has 0 spiro atoms. The number of anilines is 1. The summed E-state index contributed by atoms with van der Waals surface area (Å²) in [6.45, 7) is 4.64. The quantitative estimate of drug-likeness (QED) is 0.215. The van der Waals surface area contributed by atoms with Crippen molar-refractivity contribution in [3.63, 3.8) is 0 Å². The summed E-state index contributed by atoms with van der Waals surface area (Å²) in [7, 11) is 1.85. The lowest BCUT2D eigenvalue weighted by Crippen LogP contribution is -2.42. The van der Waals surface area contributed by atoms with E-state index < -0.39 is 6.09 Å². The zero-order valence-corrected chi connectivity index (χ0v) is 24.7. The van der Waals surface area contributed by atoms with Gasteiger partial charge in [-0.15, -0.1) is 0 Å². The van der Waals surface area contributed by atoms with E-state index in [1.54, 1.807) is 4.90 Å². The fraction of sp³-hybridized carbons (Fsp3) is 0.278. The first-order valence-corrected chi connectivity index (χ1v) is 15.0. The molecule has 43 heavy (non-hydrogen) atoms. The first-order valence-electron chi connectivity index (χ1n) is 15.0. The molecule has 0 aromatic heterocycles. The van der Waals surface area contributed by atoms with Crippen molar-refractivity contribution in [3.05, 3.63) is 126 Å². The Balaban J connectivity index is 1.01. The minimum Gasteiger partial charge on any atom is -0.446 e. The summed E-state index contributed by atoms with van der Waals surface area (Å²) in [5.41, 5.74) is 5.83. The SMILES string of the molecule is CN(CCN1CCC(OC(=O)Nc2ccccc2-c2ccccc2)CC1)C(=O)c1ccc(CNCc2ccccc2)cc1. The van der Waals surface area contributed by atoms with Gasteiger partial charge in [-0.05, 0) is 47.7 Å². The van der Waals surface area contributed by atoms with Gasteiger partial charge in [-0.3, -0.25) is 10.1 Å². The monoisotopic (exact) mass is 576 g/mol. The summed E-state index contributed by atoms with van der Waals surface area (Å²) in [5.74, 6) is 0.0227. The second-order valence-corrected chi connectivity index (χ2v) is 11.0. The van der Waals surface area contributed by atoms with E-state index >= 15 is 0 Å². The van der Waals surface area contributed by atoms with Crippen LogP contribution in [0.25, 0.3) is 11.1 Å². The summed E-state index contributed by atoms with van der Waals surface area (Å²) in [5, 5.41) is 6.38. The van der Waals surface area contributed by atoms with E-state index in [1.807, 2.05) is 104 Å². The molecule has 0 saturated carbocycles. The number of benzene rings is 4. The number of hydrogen-bond donors (Lipinski definition) is 2. The van der Waals surface area contributed by atoms with E-state index in [-0.39, 0.29) is 12.0 Å². The third kappa shape index (κ3) is 8.77. The molecule has 0 aliphatic carbocycles. The van der Waals surface area contributed by atoms with Crippen molar-refractivity contribution in [3.8, 4) is 11.1 Å². The molecule has 2 amide bonds. The summed E-state index contributed by atoms with van der Waals surface area (Å²) >= 11 is 0. The zero-order valence-electron chi connectivity index (χ0n) is 24.7. The summed E-state index contributed by atoms with van der Waals surface area (Å²) < 4.78 is 5.77. The molecule has 1 fully saturated rings. The van der Waals surface area contributed by atoms with Crippen molar-refractivity contribution >= 4 is 17.7 Å². The number of carbonyl (C=O) groups excluding carboxylic acids is 2. The Hall–Kier alpha value is -4.46. The number of para-hydroxylation sites is 1. The average molecular weight is 577 g/mol. The second-order valence-electron chi connectivity index (χ2n) is 11.0. The van der Waals surface area contributed by atoms with Gasteiger partial charge in [-0.1, -0.05) is 91.0 Å². The summed E-state index contributed by atoms with van der Waals surface area (Å²) in [4.78, 5) is 29.8. The molecule has 5 rings (SSSR count). The van der Waals surface area contributed by atoms with Crippen LogP contribution in [0.4, 0.5) is 10.5 Å². The van der Waals surface area contributed by atoms with Crippen LogP contribution in [0.2, 0.25) is 0 Å². The Morgan fingerprint density at radius 2 is 1.40 bits per heavy atom. The van der Waals surface area contributed by atoms with Crippen molar-refractivity contribution in [1.82, 2.24) is 15.1 Å². The molecule has 0 unspecified atom stereocenters. The highest BCUT2D eigenvalue weighted by atomic mass is 16.6. The van der Waals surface area contributed by atoms with E-state index in [0.29, 0.717) is 12.1 Å². The number of amides is 2. The predicted octanol–water partition coefficient (Wildman–Crippen LogP) is 6.43. The molecular weight excluding hydrogens is 536 g/mol. The molecule has 1 aliphatic rings. The van der Waals surface area contributed by atoms with Crippen LogP contribution in [0.15, 0.2) is 109 Å². The fourth-order valence-electron chi connectivity index (χ4n) is 5.33. The molecule has 7 nitrogen and oxygen atoms in total. The van der Waals surface area contributed by atoms with Gasteiger partial charge in [0.25, 0.3) is 5.91 Å². The zero-order chi connectivity index (χ0) is 29.9. The van der Waals surface area contributed by atoms with E-state index in [1.165, 1.54) is 5.56 Å². The topological polar surface area (TPSA) is 73.9 Å². The molecule has 0 atom stereocenters. The van der Waals surface area contributed by atoms with E-state index in [9.17, 15) is 9.59 Å². The van der Waals surface area contributed by atoms with Crippen molar-refractivity contribution in [2.24, 2.45) is 0 Å². The minimum absolute atomic E-state index is 0.0227. The Kier molecular flexibility index (Phi) is 10.6. The standard InChI is InChI=1S/C36H40N4O3/c1-39(35(41)31-18-16-29(17-19-31)27-37-26-28-10-4-2-5-11-28)24-25-40-22-20-32(21-23-40)43-36(42)38-34-15-9-8-14-33(34)30-12-6-3-7-13-30/h2-19,32,37H,20-27H2,1H3,(H,38,42).